The summed E-state index contributed by atoms with van der Waals surface area (Å²) in [6, 6.07) is 12.2. The van der Waals surface area contributed by atoms with Crippen molar-refractivity contribution >= 4 is 23.9 Å². The normalized spacial score (nSPS) is 14.2. The molecule has 1 aromatic carbocycles. The van der Waals surface area contributed by atoms with Gasteiger partial charge in [-0.1, -0.05) is 42.7 Å². The number of aryl methyl sites for hydroxylation is 1. The van der Waals surface area contributed by atoms with Gasteiger partial charge in [0.05, 0.1) is 0 Å². The number of hydrogen-bond acceptors (Lipinski definition) is 5. The van der Waals surface area contributed by atoms with Crippen LogP contribution < -0.4 is 10.2 Å². The fourth-order valence-corrected chi connectivity index (χ4v) is 4.26. The van der Waals surface area contributed by atoms with Crippen LogP contribution in [-0.2, 0) is 17.9 Å². The van der Waals surface area contributed by atoms with E-state index < -0.39 is 0 Å². The smallest absolute Gasteiger partial charge is 0.222 e. The van der Waals surface area contributed by atoms with Crippen molar-refractivity contribution in [2.24, 2.45) is 0 Å². The topological polar surface area (TPSA) is 78.8 Å². The van der Waals surface area contributed by atoms with Crippen LogP contribution in [0.4, 0.5) is 5.82 Å². The van der Waals surface area contributed by atoms with Crippen molar-refractivity contribution in [1.29, 1.82) is 0 Å². The number of nitrogens with one attached hydrogen (secondary N) is 2. The molecule has 32 heavy (non-hydrogen) atoms. The van der Waals surface area contributed by atoms with E-state index in [1.807, 2.05) is 35.9 Å². The van der Waals surface area contributed by atoms with Gasteiger partial charge in [-0.3, -0.25) is 14.5 Å². The van der Waals surface area contributed by atoms with Crippen molar-refractivity contribution in [2.45, 2.75) is 52.1 Å². The molecular formula is C24H30N6OS. The molecule has 3 heterocycles. The molecule has 4 rings (SSSR count). The number of benzene rings is 1. The maximum atomic E-state index is 12.5. The lowest BCUT2D eigenvalue weighted by atomic mass is 10.1. The van der Waals surface area contributed by atoms with Crippen LogP contribution in [0, 0.1) is 11.7 Å². The zero-order valence-corrected chi connectivity index (χ0v) is 19.3. The van der Waals surface area contributed by atoms with E-state index in [0.717, 1.165) is 41.4 Å². The van der Waals surface area contributed by atoms with Crippen LogP contribution in [0.5, 0.6) is 0 Å². The Kier molecular flexibility index (Phi) is 7.32. The van der Waals surface area contributed by atoms with Crippen LogP contribution >= 0.6 is 12.2 Å². The number of pyridine rings is 1. The van der Waals surface area contributed by atoms with E-state index in [1.165, 1.54) is 25.7 Å². The number of nitrogens with zero attached hydrogens (tertiary/aromatic N) is 4. The molecule has 0 unspecified atom stereocenters. The Hall–Kier alpha value is -3.00. The summed E-state index contributed by atoms with van der Waals surface area (Å²) in [6.45, 7) is 5.12. The Balaban J connectivity index is 1.31. The quantitative estimate of drug-likeness (QED) is 0.522. The molecule has 168 valence electrons. The molecule has 0 spiro atoms. The summed E-state index contributed by atoms with van der Waals surface area (Å²) in [6.07, 6.45) is 7.25. The number of hydrogen-bond donors (Lipinski definition) is 2. The molecule has 0 radical (unpaired) electrons. The highest BCUT2D eigenvalue weighted by molar-refractivity contribution is 7.71. The second kappa shape index (κ2) is 10.5. The minimum absolute atomic E-state index is 0.0279. The third kappa shape index (κ3) is 5.62. The summed E-state index contributed by atoms with van der Waals surface area (Å²) >= 11 is 5.37. The van der Waals surface area contributed by atoms with Gasteiger partial charge in [-0.2, -0.15) is 5.10 Å². The molecule has 2 N–H and O–H groups in total. The molecule has 0 bridgehead atoms. The molecule has 7 nitrogen and oxygen atoms in total. The molecule has 1 aliphatic rings. The molecule has 2 aromatic heterocycles. The minimum Gasteiger partial charge on any atom is -0.357 e. The zero-order chi connectivity index (χ0) is 22.3. The van der Waals surface area contributed by atoms with E-state index in [-0.39, 0.29) is 5.91 Å². The van der Waals surface area contributed by atoms with Crippen molar-refractivity contribution in [3.63, 3.8) is 0 Å². The molecule has 1 amide bonds. The van der Waals surface area contributed by atoms with Gasteiger partial charge < -0.3 is 10.2 Å². The SMILES string of the molecule is Cc1cccc(-c2n[nH]c(=S)n2CCC(=O)NCc2ccc(N3CCCCCC3)nc2)c1. The molecule has 1 aliphatic heterocycles. The molecule has 1 saturated heterocycles. The van der Waals surface area contributed by atoms with Gasteiger partial charge in [0.15, 0.2) is 10.6 Å². The molecule has 0 atom stereocenters. The zero-order valence-electron chi connectivity index (χ0n) is 18.5. The van der Waals surface area contributed by atoms with Gasteiger partial charge in [-0.15, -0.1) is 0 Å². The number of carbonyl (C=O) groups excluding carboxylic acids is 1. The Morgan fingerprint density at radius 3 is 2.69 bits per heavy atom. The van der Waals surface area contributed by atoms with E-state index in [2.05, 4.69) is 43.6 Å². The molecule has 8 heteroatoms. The highest BCUT2D eigenvalue weighted by Crippen LogP contribution is 2.19. The van der Waals surface area contributed by atoms with Gasteiger partial charge in [-0.25, -0.2) is 4.98 Å². The number of H-pyrrole nitrogens is 1. The predicted molar refractivity (Wildman–Crippen MR) is 129 cm³/mol. The van der Waals surface area contributed by atoms with E-state index in [4.69, 9.17) is 12.2 Å². The highest BCUT2D eigenvalue weighted by Gasteiger charge is 2.12. The highest BCUT2D eigenvalue weighted by atomic mass is 32.1. The van der Waals surface area contributed by atoms with Crippen molar-refractivity contribution < 1.29 is 4.79 Å². The number of carbonyl (C=O) groups is 1. The Bertz CT molecular complexity index is 1100. The number of rotatable bonds is 7. The average Bonchev–Trinajstić information content (AvgIpc) is 2.99. The summed E-state index contributed by atoms with van der Waals surface area (Å²) < 4.78 is 2.39. The molecule has 0 aliphatic carbocycles. The van der Waals surface area contributed by atoms with Crippen molar-refractivity contribution in [1.82, 2.24) is 25.1 Å². The second-order valence-corrected chi connectivity index (χ2v) is 8.71. The van der Waals surface area contributed by atoms with Gasteiger partial charge >= 0.3 is 0 Å². The first-order valence-corrected chi connectivity index (χ1v) is 11.7. The van der Waals surface area contributed by atoms with Gasteiger partial charge in [0.1, 0.15) is 5.82 Å². The molecular weight excluding hydrogens is 420 g/mol. The van der Waals surface area contributed by atoms with E-state index in [0.29, 0.717) is 24.3 Å². The summed E-state index contributed by atoms with van der Waals surface area (Å²) in [5.74, 6) is 1.75. The summed E-state index contributed by atoms with van der Waals surface area (Å²) in [7, 11) is 0. The fraction of sp³-hybridized carbons (Fsp3) is 0.417. The van der Waals surface area contributed by atoms with Crippen LogP contribution in [0.2, 0.25) is 0 Å². The maximum absolute atomic E-state index is 12.5. The Labute approximate surface area is 193 Å². The van der Waals surface area contributed by atoms with Crippen molar-refractivity contribution in [3.05, 3.63) is 58.5 Å². The average molecular weight is 451 g/mol. The minimum atomic E-state index is -0.0279. The first-order valence-electron chi connectivity index (χ1n) is 11.3. The third-order valence-corrected chi connectivity index (χ3v) is 6.14. The van der Waals surface area contributed by atoms with Gasteiger partial charge in [-0.05, 0) is 49.7 Å². The summed E-state index contributed by atoms with van der Waals surface area (Å²) in [5.41, 5.74) is 3.13. The summed E-state index contributed by atoms with van der Waals surface area (Å²) in [4.78, 5) is 19.4. The van der Waals surface area contributed by atoms with Crippen molar-refractivity contribution in [3.8, 4) is 11.4 Å². The van der Waals surface area contributed by atoms with Gasteiger partial charge in [0.2, 0.25) is 5.91 Å². The van der Waals surface area contributed by atoms with E-state index >= 15 is 0 Å². The maximum Gasteiger partial charge on any atom is 0.222 e. The predicted octanol–water partition coefficient (Wildman–Crippen LogP) is 4.40. The molecule has 1 fully saturated rings. The number of anilines is 1. The van der Waals surface area contributed by atoms with Crippen LogP contribution in [-0.4, -0.2) is 38.7 Å². The fourth-order valence-electron chi connectivity index (χ4n) is 4.04. The standard InChI is InChI=1S/C24H30N6OS/c1-18-7-6-8-20(15-18)23-27-28-24(32)30(23)14-11-22(31)26-17-19-9-10-21(25-16-19)29-12-4-2-3-5-13-29/h6-10,15-16H,2-5,11-14,17H2,1H3,(H,26,31)(H,28,32). The Morgan fingerprint density at radius 2 is 1.97 bits per heavy atom. The van der Waals surface area contributed by atoms with E-state index in [9.17, 15) is 4.79 Å². The number of aromatic nitrogens is 4. The molecule has 0 saturated carbocycles. The lowest BCUT2D eigenvalue weighted by molar-refractivity contribution is -0.121. The van der Waals surface area contributed by atoms with Crippen LogP contribution in [0.25, 0.3) is 11.4 Å². The largest absolute Gasteiger partial charge is 0.357 e. The van der Waals surface area contributed by atoms with E-state index in [1.54, 1.807) is 0 Å². The van der Waals surface area contributed by atoms with Gasteiger partial charge in [0, 0.05) is 44.4 Å². The number of amides is 1. The first-order chi connectivity index (χ1) is 15.6. The lowest BCUT2D eigenvalue weighted by Crippen LogP contribution is -2.26. The first kappa shape index (κ1) is 22.2. The van der Waals surface area contributed by atoms with Crippen LogP contribution in [0.3, 0.4) is 0 Å². The Morgan fingerprint density at radius 1 is 1.16 bits per heavy atom. The van der Waals surface area contributed by atoms with Gasteiger partial charge in [0.25, 0.3) is 0 Å². The number of aromatic amines is 1. The van der Waals surface area contributed by atoms with Crippen LogP contribution in [0.15, 0.2) is 42.6 Å². The monoisotopic (exact) mass is 450 g/mol. The molecule has 3 aromatic rings. The lowest BCUT2D eigenvalue weighted by Gasteiger charge is -2.21. The van der Waals surface area contributed by atoms with Crippen molar-refractivity contribution in [2.75, 3.05) is 18.0 Å². The van der Waals surface area contributed by atoms with Crippen LogP contribution in [0.1, 0.15) is 43.2 Å². The second-order valence-electron chi connectivity index (χ2n) is 8.33. The summed E-state index contributed by atoms with van der Waals surface area (Å²) in [5, 5.41) is 10.2. The third-order valence-electron chi connectivity index (χ3n) is 5.83.